The Balaban J connectivity index is 4.31. The van der Waals surface area contributed by atoms with Crippen LogP contribution in [-0.2, 0) is 32.7 Å². The number of hydrogen-bond donors (Lipinski definition) is 3. The summed E-state index contributed by atoms with van der Waals surface area (Å²) < 4.78 is 32.6. The summed E-state index contributed by atoms with van der Waals surface area (Å²) in [5.41, 5.74) is 5.33. The molecular weight excluding hydrogens is 705 g/mol. The summed E-state index contributed by atoms with van der Waals surface area (Å²) in [4.78, 5) is 34.8. The summed E-state index contributed by atoms with van der Waals surface area (Å²) in [5, 5.41) is 9.55. The van der Waals surface area contributed by atoms with Crippen LogP contribution in [0.25, 0.3) is 0 Å². The third-order valence-electron chi connectivity index (χ3n) is 8.54. The number of carbonyl (C=O) groups excluding carboxylic acids is 2. The molecule has 0 bridgehead atoms. The minimum absolute atomic E-state index is 0.0355. The maximum absolute atomic E-state index is 12.5. The number of esters is 2. The van der Waals surface area contributed by atoms with Crippen molar-refractivity contribution in [1.29, 1.82) is 0 Å². The van der Waals surface area contributed by atoms with Crippen molar-refractivity contribution in [3.63, 3.8) is 0 Å². The van der Waals surface area contributed by atoms with Crippen LogP contribution in [0, 0.1) is 0 Å². The quantitative estimate of drug-likeness (QED) is 0.0239. The van der Waals surface area contributed by atoms with Gasteiger partial charge in [0.15, 0.2) is 6.10 Å². The summed E-state index contributed by atoms with van der Waals surface area (Å²) in [5.74, 6) is -0.927. The van der Waals surface area contributed by atoms with Crippen molar-refractivity contribution in [2.45, 2.75) is 174 Å². The van der Waals surface area contributed by atoms with Crippen LogP contribution in [0.3, 0.4) is 0 Å². The number of phosphoric ester groups is 1. The Morgan fingerprint density at radius 3 is 1.72 bits per heavy atom. The number of rotatable bonds is 38. The number of carbonyl (C=O) groups is 2. The van der Waals surface area contributed by atoms with E-state index in [1.54, 1.807) is 0 Å². The van der Waals surface area contributed by atoms with E-state index < -0.39 is 32.5 Å². The highest BCUT2D eigenvalue weighted by Gasteiger charge is 2.25. The molecule has 0 aromatic heterocycles. The standard InChI is InChI=1S/C43H76NO9P/c1-3-5-6-7-8-9-10-11-12-16-19-22-25-28-31-34-42(46)50-38-41(39-52-54(48,49)51-37-36-44)53-43(47)35-32-29-26-23-20-17-14-13-15-18-21-24-27-30-33-40(45)4-2/h11-12,14-15,17-18,23-24,26-27,40-41,45H,3-10,13,16,19-22,25,28-39,44H2,1-2H3,(H,48,49)/b12-11-,17-14-,18-15-,26-23-,27-24-. The maximum atomic E-state index is 12.5. The molecule has 4 N–H and O–H groups in total. The SMILES string of the molecule is CCCCCCCC/C=C\CCCCCCCC(=O)OCC(COP(=O)(O)OCCN)OC(=O)CCC/C=C\C/C=C\C/C=C\C/C=C\CCC(O)CC. The van der Waals surface area contributed by atoms with E-state index in [2.05, 4.69) is 55.5 Å². The van der Waals surface area contributed by atoms with Gasteiger partial charge in [-0.15, -0.1) is 0 Å². The van der Waals surface area contributed by atoms with Gasteiger partial charge in [-0.05, 0) is 83.5 Å². The van der Waals surface area contributed by atoms with E-state index in [1.165, 1.54) is 44.9 Å². The number of aliphatic hydroxyl groups is 1. The molecule has 0 aromatic carbocycles. The molecule has 312 valence electrons. The number of nitrogens with two attached hydrogens (primary N) is 1. The molecule has 0 saturated carbocycles. The van der Waals surface area contributed by atoms with E-state index in [0.29, 0.717) is 19.3 Å². The molecule has 0 radical (unpaired) electrons. The zero-order valence-electron chi connectivity index (χ0n) is 33.8. The van der Waals surface area contributed by atoms with Crippen LogP contribution in [-0.4, -0.2) is 60.5 Å². The summed E-state index contributed by atoms with van der Waals surface area (Å²) in [6.45, 7) is 3.35. The number of phosphoric acid groups is 1. The number of hydrogen-bond acceptors (Lipinski definition) is 9. The van der Waals surface area contributed by atoms with Crippen molar-refractivity contribution in [3.05, 3.63) is 60.8 Å². The highest BCUT2D eigenvalue weighted by atomic mass is 31.2. The predicted molar refractivity (Wildman–Crippen MR) is 221 cm³/mol. The molecule has 0 aromatic rings. The lowest BCUT2D eigenvalue weighted by molar-refractivity contribution is -0.161. The molecule has 0 spiro atoms. The maximum Gasteiger partial charge on any atom is 0.472 e. The summed E-state index contributed by atoms with van der Waals surface area (Å²) in [6, 6.07) is 0. The van der Waals surface area contributed by atoms with Gasteiger partial charge in [-0.3, -0.25) is 18.6 Å². The molecule has 0 aliphatic rings. The minimum Gasteiger partial charge on any atom is -0.462 e. The van der Waals surface area contributed by atoms with E-state index in [0.717, 1.165) is 70.6 Å². The first kappa shape index (κ1) is 51.7. The molecule has 0 rings (SSSR count). The third kappa shape index (κ3) is 38.0. The van der Waals surface area contributed by atoms with Gasteiger partial charge in [-0.1, -0.05) is 126 Å². The molecule has 0 saturated heterocycles. The molecule has 0 heterocycles. The van der Waals surface area contributed by atoms with Crippen LogP contribution in [0.2, 0.25) is 0 Å². The van der Waals surface area contributed by atoms with Crippen LogP contribution in [0.5, 0.6) is 0 Å². The van der Waals surface area contributed by atoms with Gasteiger partial charge in [-0.25, -0.2) is 4.57 Å². The van der Waals surface area contributed by atoms with E-state index in [9.17, 15) is 24.2 Å². The summed E-state index contributed by atoms with van der Waals surface area (Å²) in [6.07, 6.45) is 42.0. The molecule has 3 unspecified atom stereocenters. The van der Waals surface area contributed by atoms with Crippen LogP contribution in [0.15, 0.2) is 60.8 Å². The van der Waals surface area contributed by atoms with E-state index >= 15 is 0 Å². The summed E-state index contributed by atoms with van der Waals surface area (Å²) >= 11 is 0. The Morgan fingerprint density at radius 1 is 0.630 bits per heavy atom. The topological polar surface area (TPSA) is 155 Å². The molecule has 0 aliphatic carbocycles. The second-order valence-corrected chi connectivity index (χ2v) is 15.1. The first-order valence-corrected chi connectivity index (χ1v) is 22.3. The Labute approximate surface area is 328 Å². The van der Waals surface area contributed by atoms with Crippen molar-refractivity contribution in [2.75, 3.05) is 26.4 Å². The summed E-state index contributed by atoms with van der Waals surface area (Å²) in [7, 11) is -4.40. The second kappa shape index (κ2) is 38.9. The molecule has 11 heteroatoms. The lowest BCUT2D eigenvalue weighted by Gasteiger charge is -2.19. The fourth-order valence-electron chi connectivity index (χ4n) is 5.25. The smallest absolute Gasteiger partial charge is 0.462 e. The van der Waals surface area contributed by atoms with Crippen molar-refractivity contribution in [2.24, 2.45) is 5.73 Å². The van der Waals surface area contributed by atoms with Crippen molar-refractivity contribution in [3.8, 4) is 0 Å². The first-order chi connectivity index (χ1) is 26.2. The van der Waals surface area contributed by atoms with Gasteiger partial charge in [0.05, 0.1) is 19.3 Å². The van der Waals surface area contributed by atoms with Crippen LogP contribution in [0.4, 0.5) is 0 Å². The molecule has 0 amide bonds. The van der Waals surface area contributed by atoms with Crippen molar-refractivity contribution >= 4 is 19.8 Å². The predicted octanol–water partition coefficient (Wildman–Crippen LogP) is 10.7. The molecule has 54 heavy (non-hydrogen) atoms. The van der Waals surface area contributed by atoms with E-state index in [1.807, 2.05) is 19.1 Å². The average molecular weight is 782 g/mol. The third-order valence-corrected chi connectivity index (χ3v) is 9.52. The highest BCUT2D eigenvalue weighted by Crippen LogP contribution is 2.43. The number of aliphatic hydroxyl groups excluding tert-OH is 1. The number of unbranched alkanes of at least 4 members (excludes halogenated alkanes) is 12. The number of ether oxygens (including phenoxy) is 2. The lowest BCUT2D eigenvalue weighted by Crippen LogP contribution is -2.29. The van der Waals surface area contributed by atoms with Crippen LogP contribution in [0.1, 0.15) is 162 Å². The zero-order chi connectivity index (χ0) is 39.8. The van der Waals surface area contributed by atoms with Gasteiger partial charge in [-0.2, -0.15) is 0 Å². The molecule has 0 fully saturated rings. The second-order valence-electron chi connectivity index (χ2n) is 13.6. The Hall–Kier alpha value is -2.33. The van der Waals surface area contributed by atoms with Crippen LogP contribution < -0.4 is 5.73 Å². The van der Waals surface area contributed by atoms with Gasteiger partial charge in [0.2, 0.25) is 0 Å². The molecule has 0 aliphatic heterocycles. The largest absolute Gasteiger partial charge is 0.472 e. The van der Waals surface area contributed by atoms with E-state index in [-0.39, 0.29) is 38.7 Å². The van der Waals surface area contributed by atoms with E-state index in [4.69, 9.17) is 24.3 Å². The minimum atomic E-state index is -4.40. The Morgan fingerprint density at radius 2 is 1.13 bits per heavy atom. The van der Waals surface area contributed by atoms with Crippen molar-refractivity contribution < 1.29 is 42.7 Å². The fourth-order valence-corrected chi connectivity index (χ4v) is 6.01. The van der Waals surface area contributed by atoms with Crippen molar-refractivity contribution in [1.82, 2.24) is 0 Å². The molecule has 3 atom stereocenters. The zero-order valence-corrected chi connectivity index (χ0v) is 34.7. The highest BCUT2D eigenvalue weighted by molar-refractivity contribution is 7.47. The van der Waals surface area contributed by atoms with Gasteiger partial charge in [0.1, 0.15) is 6.61 Å². The Kier molecular flexibility index (Phi) is 37.2. The van der Waals surface area contributed by atoms with Gasteiger partial charge in [0, 0.05) is 19.4 Å². The van der Waals surface area contributed by atoms with Crippen LogP contribution >= 0.6 is 7.82 Å². The lowest BCUT2D eigenvalue weighted by atomic mass is 10.1. The molecular formula is C43H76NO9P. The molecule has 10 nitrogen and oxygen atoms in total. The fraction of sp³-hybridized carbons (Fsp3) is 0.721. The first-order valence-electron chi connectivity index (χ1n) is 20.8. The normalized spacial score (nSPS) is 14.5. The Bertz CT molecular complexity index is 1090. The van der Waals surface area contributed by atoms with Gasteiger partial charge >= 0.3 is 19.8 Å². The van der Waals surface area contributed by atoms with Gasteiger partial charge in [0.25, 0.3) is 0 Å². The number of allylic oxidation sites excluding steroid dienone is 10. The van der Waals surface area contributed by atoms with Gasteiger partial charge < -0.3 is 25.2 Å². The monoisotopic (exact) mass is 782 g/mol. The average Bonchev–Trinajstić information content (AvgIpc) is 3.16.